The topological polar surface area (TPSA) is 96.8 Å². The fourth-order valence-corrected chi connectivity index (χ4v) is 2.21. The minimum atomic E-state index is -0.693. The van der Waals surface area contributed by atoms with Crippen LogP contribution in [0, 0.1) is 12.7 Å². The van der Waals surface area contributed by atoms with Crippen LogP contribution in [-0.2, 0) is 22.7 Å². The minimum Gasteiger partial charge on any atom is -0.467 e. The molecule has 0 saturated carbocycles. The summed E-state index contributed by atoms with van der Waals surface area (Å²) in [5, 5.41) is 3.57. The molecule has 2 aromatic rings. The van der Waals surface area contributed by atoms with Crippen LogP contribution in [0.15, 0.2) is 16.7 Å². The normalized spacial score (nSPS) is 13.4. The third kappa shape index (κ3) is 2.60. The van der Waals surface area contributed by atoms with Crippen molar-refractivity contribution in [2.45, 2.75) is 20.1 Å². The van der Waals surface area contributed by atoms with E-state index in [1.165, 1.54) is 12.1 Å². The van der Waals surface area contributed by atoms with Crippen molar-refractivity contribution in [2.75, 3.05) is 12.5 Å². The van der Waals surface area contributed by atoms with E-state index in [0.29, 0.717) is 22.6 Å². The van der Waals surface area contributed by atoms with Gasteiger partial charge >= 0.3 is 5.97 Å². The van der Waals surface area contributed by atoms with E-state index < -0.39 is 11.8 Å². The number of aromatic nitrogens is 1. The summed E-state index contributed by atoms with van der Waals surface area (Å²) in [6, 6.07) is 2.57. The SMILES string of the molecule is Cc1noc(N)c1C(=O)OCc1cc(F)cc2c1OCOC2. The first-order valence-corrected chi connectivity index (χ1v) is 6.47. The lowest BCUT2D eigenvalue weighted by Crippen LogP contribution is -2.15. The summed E-state index contributed by atoms with van der Waals surface area (Å²) in [6.07, 6.45) is 0. The number of anilines is 1. The van der Waals surface area contributed by atoms with E-state index in [2.05, 4.69) is 5.16 Å². The Morgan fingerprint density at radius 3 is 3.05 bits per heavy atom. The quantitative estimate of drug-likeness (QED) is 0.865. The molecule has 0 atom stereocenters. The van der Waals surface area contributed by atoms with Gasteiger partial charge in [0.1, 0.15) is 23.7 Å². The van der Waals surface area contributed by atoms with Gasteiger partial charge in [0.05, 0.1) is 12.3 Å². The van der Waals surface area contributed by atoms with Crippen molar-refractivity contribution < 1.29 is 27.9 Å². The molecule has 22 heavy (non-hydrogen) atoms. The fourth-order valence-electron chi connectivity index (χ4n) is 2.21. The van der Waals surface area contributed by atoms with Crippen LogP contribution < -0.4 is 10.5 Å². The Morgan fingerprint density at radius 1 is 1.50 bits per heavy atom. The maximum atomic E-state index is 13.6. The molecule has 0 unspecified atom stereocenters. The number of halogens is 1. The molecular weight excluding hydrogens is 295 g/mol. The molecule has 0 saturated heterocycles. The van der Waals surface area contributed by atoms with Gasteiger partial charge in [-0.15, -0.1) is 0 Å². The molecule has 2 heterocycles. The Balaban J connectivity index is 1.80. The average molecular weight is 308 g/mol. The molecule has 0 fully saturated rings. The predicted octanol–water partition coefficient (Wildman–Crippen LogP) is 1.93. The fraction of sp³-hybridized carbons (Fsp3) is 0.286. The van der Waals surface area contributed by atoms with Crippen molar-refractivity contribution >= 4 is 11.9 Å². The molecule has 116 valence electrons. The van der Waals surface area contributed by atoms with Crippen LogP contribution in [0.3, 0.4) is 0 Å². The zero-order chi connectivity index (χ0) is 15.7. The van der Waals surface area contributed by atoms with E-state index in [0.717, 1.165) is 0 Å². The van der Waals surface area contributed by atoms with Crippen molar-refractivity contribution in [3.8, 4) is 5.75 Å². The van der Waals surface area contributed by atoms with Crippen LogP contribution in [0.4, 0.5) is 10.3 Å². The Kier molecular flexibility index (Phi) is 3.68. The number of nitrogens with zero attached hydrogens (tertiary/aromatic N) is 1. The van der Waals surface area contributed by atoms with Crippen LogP contribution in [0.25, 0.3) is 0 Å². The van der Waals surface area contributed by atoms with Gasteiger partial charge in [-0.25, -0.2) is 9.18 Å². The number of esters is 1. The minimum absolute atomic E-state index is 0.0644. The van der Waals surface area contributed by atoms with Crippen LogP contribution in [-0.4, -0.2) is 17.9 Å². The van der Waals surface area contributed by atoms with Crippen molar-refractivity contribution in [2.24, 2.45) is 0 Å². The molecular formula is C14H13FN2O5. The number of aryl methyl sites for hydroxylation is 1. The summed E-state index contributed by atoms with van der Waals surface area (Å²) < 4.78 is 33.9. The Hall–Kier alpha value is -2.61. The van der Waals surface area contributed by atoms with Crippen LogP contribution >= 0.6 is 0 Å². The number of hydrogen-bond acceptors (Lipinski definition) is 7. The van der Waals surface area contributed by atoms with Gasteiger partial charge in [0.2, 0.25) is 5.88 Å². The van der Waals surface area contributed by atoms with Gasteiger partial charge < -0.3 is 24.5 Å². The lowest BCUT2D eigenvalue weighted by molar-refractivity contribution is -0.0182. The number of carbonyl (C=O) groups excluding carboxylic acids is 1. The van der Waals surface area contributed by atoms with Crippen molar-refractivity contribution in [1.82, 2.24) is 5.16 Å². The van der Waals surface area contributed by atoms with Gasteiger partial charge in [-0.05, 0) is 19.1 Å². The first-order valence-electron chi connectivity index (χ1n) is 6.47. The Morgan fingerprint density at radius 2 is 2.32 bits per heavy atom. The maximum absolute atomic E-state index is 13.6. The van der Waals surface area contributed by atoms with Gasteiger partial charge in [0, 0.05) is 11.1 Å². The molecule has 3 rings (SSSR count). The summed E-state index contributed by atoms with van der Waals surface area (Å²) in [4.78, 5) is 12.0. The number of carbonyl (C=O) groups is 1. The second-order valence-corrected chi connectivity index (χ2v) is 4.75. The third-order valence-electron chi connectivity index (χ3n) is 3.20. The highest BCUT2D eigenvalue weighted by Gasteiger charge is 2.22. The van der Waals surface area contributed by atoms with Crippen molar-refractivity contribution in [3.63, 3.8) is 0 Å². The second kappa shape index (κ2) is 5.64. The summed E-state index contributed by atoms with van der Waals surface area (Å²) in [7, 11) is 0. The van der Waals surface area contributed by atoms with E-state index in [1.807, 2.05) is 0 Å². The monoisotopic (exact) mass is 308 g/mol. The van der Waals surface area contributed by atoms with Gasteiger partial charge in [-0.3, -0.25) is 0 Å². The molecule has 2 N–H and O–H groups in total. The molecule has 1 aromatic heterocycles. The zero-order valence-electron chi connectivity index (χ0n) is 11.7. The van der Waals surface area contributed by atoms with E-state index in [-0.39, 0.29) is 31.5 Å². The Bertz CT molecular complexity index is 709. The predicted molar refractivity (Wildman–Crippen MR) is 71.5 cm³/mol. The molecule has 0 radical (unpaired) electrons. The largest absolute Gasteiger partial charge is 0.467 e. The third-order valence-corrected chi connectivity index (χ3v) is 3.20. The molecule has 0 bridgehead atoms. The van der Waals surface area contributed by atoms with Crippen molar-refractivity contribution in [1.29, 1.82) is 0 Å². The Labute approximate surface area is 124 Å². The highest BCUT2D eigenvalue weighted by atomic mass is 19.1. The van der Waals surface area contributed by atoms with Gasteiger partial charge in [-0.2, -0.15) is 0 Å². The number of ether oxygens (including phenoxy) is 3. The average Bonchev–Trinajstić information content (AvgIpc) is 2.83. The highest BCUT2D eigenvalue weighted by Crippen LogP contribution is 2.30. The van der Waals surface area contributed by atoms with E-state index in [9.17, 15) is 9.18 Å². The van der Waals surface area contributed by atoms with E-state index in [4.69, 9.17) is 24.5 Å². The van der Waals surface area contributed by atoms with E-state index >= 15 is 0 Å². The van der Waals surface area contributed by atoms with Gasteiger partial charge in [0.25, 0.3) is 0 Å². The summed E-state index contributed by atoms with van der Waals surface area (Å²) in [5.41, 5.74) is 6.89. The standard InChI is InChI=1S/C14H13FN2O5/c1-7-11(13(16)22-17-7)14(18)20-5-9-3-10(15)2-8-4-19-6-21-12(8)9/h2-3H,4-6,16H2,1H3. The van der Waals surface area contributed by atoms with Crippen LogP contribution in [0.2, 0.25) is 0 Å². The van der Waals surface area contributed by atoms with Gasteiger partial charge in [0.15, 0.2) is 6.79 Å². The highest BCUT2D eigenvalue weighted by molar-refractivity contribution is 5.94. The summed E-state index contributed by atoms with van der Waals surface area (Å²) in [5.74, 6) is -0.801. The number of rotatable bonds is 3. The lowest BCUT2D eigenvalue weighted by atomic mass is 10.1. The second-order valence-electron chi connectivity index (χ2n) is 4.75. The molecule has 1 aliphatic heterocycles. The molecule has 0 aliphatic carbocycles. The number of fused-ring (bicyclic) bond motifs is 1. The molecule has 0 amide bonds. The number of hydrogen-bond donors (Lipinski definition) is 1. The van der Waals surface area contributed by atoms with Crippen molar-refractivity contribution in [3.05, 3.63) is 40.3 Å². The first kappa shape index (κ1) is 14.3. The first-order chi connectivity index (χ1) is 10.6. The number of nitrogens with two attached hydrogens (primary N) is 1. The van der Waals surface area contributed by atoms with Crippen LogP contribution in [0.5, 0.6) is 5.75 Å². The maximum Gasteiger partial charge on any atom is 0.346 e. The lowest BCUT2D eigenvalue weighted by Gasteiger charge is -2.20. The molecule has 1 aromatic carbocycles. The van der Waals surface area contributed by atoms with Gasteiger partial charge in [-0.1, -0.05) is 5.16 Å². The molecule has 7 nitrogen and oxygen atoms in total. The zero-order valence-corrected chi connectivity index (χ0v) is 11.7. The molecule has 0 spiro atoms. The smallest absolute Gasteiger partial charge is 0.346 e. The summed E-state index contributed by atoms with van der Waals surface area (Å²) >= 11 is 0. The van der Waals surface area contributed by atoms with Crippen LogP contribution in [0.1, 0.15) is 27.2 Å². The summed E-state index contributed by atoms with van der Waals surface area (Å²) in [6.45, 7) is 1.72. The molecule has 8 heteroatoms. The number of benzene rings is 1. The number of nitrogen functional groups attached to an aromatic ring is 1. The van der Waals surface area contributed by atoms with E-state index in [1.54, 1.807) is 6.92 Å². The molecule has 1 aliphatic rings.